The number of aliphatic hydroxyl groups is 5. The van der Waals surface area contributed by atoms with Crippen molar-refractivity contribution >= 4 is 107 Å². The van der Waals surface area contributed by atoms with Gasteiger partial charge in [-0.1, -0.05) is 48.0 Å². The molecule has 3 aliphatic heterocycles. The van der Waals surface area contributed by atoms with Gasteiger partial charge in [0.25, 0.3) is 0 Å². The second-order valence-electron chi connectivity index (χ2n) is 30.9. The fourth-order valence-corrected chi connectivity index (χ4v) is 17.0. The summed E-state index contributed by atoms with van der Waals surface area (Å²) in [5.41, 5.74) is 12.6. The fraction of sp³-hybridized carbons (Fsp3) is 0.533. The number of anilines is 5. The first kappa shape index (κ1) is 94.2. The number of esters is 2. The summed E-state index contributed by atoms with van der Waals surface area (Å²) in [4.78, 5) is 66.0. The van der Waals surface area contributed by atoms with Crippen molar-refractivity contribution in [1.82, 2.24) is 74.0 Å². The Balaban J connectivity index is 0.000000162. The molecule has 16 atom stereocenters. The first-order valence-corrected chi connectivity index (χ1v) is 42.3. The number of halogens is 9. The van der Waals surface area contributed by atoms with Gasteiger partial charge in [0.2, 0.25) is 23.7 Å². The van der Waals surface area contributed by atoms with E-state index in [9.17, 15) is 65.5 Å². The average molecular weight is 1800 g/mol. The molecule has 3 aromatic carbocycles. The third kappa shape index (κ3) is 20.9. The molecule has 123 heavy (non-hydrogen) atoms. The molecule has 0 bridgehead atoms. The van der Waals surface area contributed by atoms with Gasteiger partial charge in [0.05, 0.1) is 51.0 Å². The van der Waals surface area contributed by atoms with Gasteiger partial charge < -0.3 is 90.6 Å². The normalized spacial score (nSPS) is 25.6. The predicted molar refractivity (Wildman–Crippen MR) is 430 cm³/mol. The molecule has 9 heterocycles. The summed E-state index contributed by atoms with van der Waals surface area (Å²) in [7, 11) is -3.53. The standard InChI is InChI=1S/C27H37FN7O7P.C18H17F5NO4P.C15H21FN6O3.C11H13ClFN5O3.C4H9N/c1-15(2)40-24(37)16(3)33-43(38,42-18-9-7-6-8-10-18)39-13-19-21(36)27(4,28)25(41-19)35-14-30-20-22(34(5)17-11-12-17)31-26(29)32-23(20)35;1-9(2)27-18(25)10(3)24-29(26,28-11-7-5-4-6-8-11)17-15(22)13(20)12(19)14(21)16(17)23;1-15(16)10(24)8(5-23)25-13(15)22-6-18-9-11(21(2)7-3-4-7)19-14(17)20-12(9)22;1-11(13)6(20)4(2-19)21-9(11)18-3-15-5-7(12)16-10(14)17-8(5)18;1-5-4-2-3-4/h6-10,14-17,19,21,25,36H,11-13H2,1-5H3,(H,33,38)(H2,29,31,32);4-10H,1-3H3,(H,24,26);6-8,10,13,23-24H,3-5H2,1-2H3,(H2,17,19,20);3-4,6,9,19-20H,2H2,1H3,(H2,14,16,17);4-5H,2-3H2,1H3/t16-,19+,21+,25+,27+,43-;10-,29+;8-,10-,13-,15-;4-,6-,9-,11-;/m0011./s1. The van der Waals surface area contributed by atoms with E-state index in [0.717, 1.165) is 38.6 Å². The molecule has 3 saturated carbocycles. The van der Waals surface area contributed by atoms with Crippen LogP contribution in [0.2, 0.25) is 5.15 Å². The Labute approximate surface area is 703 Å². The van der Waals surface area contributed by atoms with E-state index in [2.05, 4.69) is 55.3 Å². The maximum absolute atomic E-state index is 16.2. The van der Waals surface area contributed by atoms with Gasteiger partial charge in [0.15, 0.2) is 104 Å². The van der Waals surface area contributed by atoms with Crippen LogP contribution in [0.3, 0.4) is 0 Å². The lowest BCUT2D eigenvalue weighted by Gasteiger charge is -2.25. The molecular formula is C75H97ClF8N20O17P2. The zero-order valence-corrected chi connectivity index (χ0v) is 71.1. The highest BCUT2D eigenvalue weighted by atomic mass is 35.5. The molecule has 0 amide bonds. The molecule has 0 spiro atoms. The second-order valence-corrected chi connectivity index (χ2v) is 34.9. The Hall–Kier alpha value is -9.44. The quantitative estimate of drug-likeness (QED) is 0.00616. The minimum absolute atomic E-state index is 0.0223. The highest BCUT2D eigenvalue weighted by Crippen LogP contribution is 2.51. The second kappa shape index (κ2) is 38.2. The number of rotatable bonds is 26. The van der Waals surface area contributed by atoms with Crippen LogP contribution < -0.4 is 56.8 Å². The maximum atomic E-state index is 16.2. The van der Waals surface area contributed by atoms with E-state index >= 15 is 8.78 Å². The Kier molecular flexibility index (Phi) is 29.2. The molecule has 48 heteroatoms. The molecular weight excluding hydrogens is 1700 g/mol. The summed E-state index contributed by atoms with van der Waals surface area (Å²) in [6, 6.07) is 14.1. The summed E-state index contributed by atoms with van der Waals surface area (Å²) in [6.07, 6.45) is -1.81. The summed E-state index contributed by atoms with van der Waals surface area (Å²) in [6.45, 7) is 11.0. The lowest BCUT2D eigenvalue weighted by Crippen LogP contribution is -2.41. The number of nitrogens with one attached hydrogen (secondary N) is 3. The van der Waals surface area contributed by atoms with Gasteiger partial charge in [-0.25, -0.2) is 59.7 Å². The first-order chi connectivity index (χ1) is 57.9. The Morgan fingerprint density at radius 3 is 1.28 bits per heavy atom. The predicted octanol–water partition coefficient (Wildman–Crippen LogP) is 7.73. The monoisotopic (exact) mass is 1800 g/mol. The van der Waals surface area contributed by atoms with Crippen molar-refractivity contribution in [3.05, 3.63) is 114 Å². The first-order valence-electron chi connectivity index (χ1n) is 38.8. The van der Waals surface area contributed by atoms with Gasteiger partial charge in [-0.2, -0.15) is 35.0 Å². The summed E-state index contributed by atoms with van der Waals surface area (Å²) < 4.78 is 190. The molecule has 672 valence electrons. The molecule has 3 saturated heterocycles. The van der Waals surface area contributed by atoms with Crippen LogP contribution >= 0.6 is 26.9 Å². The molecule has 37 nitrogen and oxygen atoms in total. The van der Waals surface area contributed by atoms with Crippen LogP contribution in [0.15, 0.2) is 79.6 Å². The zero-order valence-electron chi connectivity index (χ0n) is 68.5. The van der Waals surface area contributed by atoms with Crippen molar-refractivity contribution < 1.29 is 117 Å². The molecule has 14 N–H and O–H groups in total. The van der Waals surface area contributed by atoms with E-state index in [4.69, 9.17) is 71.2 Å². The van der Waals surface area contributed by atoms with E-state index in [0.29, 0.717) is 40.4 Å². The number of ether oxygens (including phenoxy) is 5. The van der Waals surface area contributed by atoms with E-state index in [1.165, 1.54) is 111 Å². The van der Waals surface area contributed by atoms with Gasteiger partial charge in [0.1, 0.15) is 71.0 Å². The number of aliphatic hydroxyl groups excluding tert-OH is 5. The van der Waals surface area contributed by atoms with Crippen LogP contribution in [0.5, 0.6) is 11.5 Å². The van der Waals surface area contributed by atoms with Gasteiger partial charge in [-0.3, -0.25) is 32.4 Å². The highest BCUT2D eigenvalue weighted by Gasteiger charge is 2.59. The van der Waals surface area contributed by atoms with E-state index in [1.807, 2.05) is 36.0 Å². The lowest BCUT2D eigenvalue weighted by atomic mass is 9.98. The molecule has 9 aromatic rings. The Morgan fingerprint density at radius 1 is 0.553 bits per heavy atom. The van der Waals surface area contributed by atoms with Crippen LogP contribution in [-0.2, 0) is 46.9 Å². The number of nitrogens with zero attached hydrogens (tertiary/aromatic N) is 14. The number of fused-ring (bicyclic) bond motifs is 3. The lowest BCUT2D eigenvalue weighted by molar-refractivity contribution is -0.149. The fourth-order valence-electron chi connectivity index (χ4n) is 13.2. The number of benzene rings is 3. The maximum Gasteiger partial charge on any atom is 0.459 e. The summed E-state index contributed by atoms with van der Waals surface area (Å²) in [5.74, 6) is -12.3. The number of hydrogen-bond acceptors (Lipinski definition) is 32. The molecule has 0 unspecified atom stereocenters. The van der Waals surface area contributed by atoms with Crippen molar-refractivity contribution in [2.45, 2.75) is 216 Å². The van der Waals surface area contributed by atoms with Gasteiger partial charge >= 0.3 is 27.2 Å². The van der Waals surface area contributed by atoms with Crippen LogP contribution in [-0.4, -0.2) is 233 Å². The Bertz CT molecular complexity index is 5300. The van der Waals surface area contributed by atoms with E-state index < -0.39 is 178 Å². The number of imidazole rings is 3. The third-order valence-electron chi connectivity index (χ3n) is 20.3. The van der Waals surface area contributed by atoms with Crippen molar-refractivity contribution in [3.63, 3.8) is 0 Å². The zero-order chi connectivity index (χ0) is 90.0. The number of aromatic nitrogens is 12. The van der Waals surface area contributed by atoms with Crippen molar-refractivity contribution in [2.75, 3.05) is 68.0 Å². The van der Waals surface area contributed by atoms with Gasteiger partial charge in [-0.05, 0) is 132 Å². The summed E-state index contributed by atoms with van der Waals surface area (Å²) >= 11 is 5.91. The number of hydrogen-bond donors (Lipinski definition) is 11. The number of alkyl halides is 3. The molecule has 6 aromatic heterocycles. The SMILES string of the molecule is CC(C)OC(=O)[C@H](C)N[P@](=O)(OC[C@H]1O[C@@H](n2cnc3c(N(C)C4CC4)nc(N)nc32)[C@](C)(F)[C@@H]1O)Oc1ccccc1.CC(C)OC(=O)[C@H](C)N[P@](=O)(Oc1ccccc1)c1c(F)c(F)c(F)c(F)c1F.CN(c1nc(N)nc2c1ncn2[C@@H]1O[C@H](CO)[C@@H](O)[C@@]1(C)F)C1CC1.CNC1CC1.C[C@@]1(F)[C@H](O)[C@@H](CO)O[C@H]1n1cnc2c(Cl)nc(N)nc21. The highest BCUT2D eigenvalue weighted by molar-refractivity contribution is 7.65. The van der Waals surface area contributed by atoms with Gasteiger partial charge in [0, 0.05) is 32.2 Å². The van der Waals surface area contributed by atoms with Crippen LogP contribution in [0.1, 0.15) is 120 Å². The van der Waals surface area contributed by atoms with Crippen LogP contribution in [0.4, 0.5) is 64.6 Å². The Morgan fingerprint density at radius 2 is 0.911 bits per heavy atom. The number of para-hydroxylation sites is 2. The molecule has 3 aliphatic carbocycles. The van der Waals surface area contributed by atoms with E-state index in [-0.39, 0.29) is 51.3 Å². The van der Waals surface area contributed by atoms with E-state index in [1.54, 1.807) is 50.2 Å². The summed E-state index contributed by atoms with van der Waals surface area (Å²) in [5, 5.41) is 55.5. The molecule has 6 fully saturated rings. The van der Waals surface area contributed by atoms with Crippen molar-refractivity contribution in [2.24, 2.45) is 0 Å². The topological polar surface area (TPSA) is 495 Å². The molecule has 6 aliphatic rings. The largest absolute Gasteiger partial charge is 0.462 e. The molecule has 15 rings (SSSR count). The van der Waals surface area contributed by atoms with Gasteiger partial charge in [-0.15, -0.1) is 0 Å². The number of carbonyl (C=O) groups excluding carboxylic acids is 2. The number of nitrogen functional groups attached to an aromatic ring is 3. The van der Waals surface area contributed by atoms with Crippen molar-refractivity contribution in [1.29, 1.82) is 0 Å². The number of carbonyl (C=O) groups is 2. The minimum atomic E-state index is -5.04. The smallest absolute Gasteiger partial charge is 0.459 e. The van der Waals surface area contributed by atoms with Crippen LogP contribution in [0, 0.1) is 29.1 Å². The number of nitrogens with two attached hydrogens (primary N) is 3. The minimum Gasteiger partial charge on any atom is -0.462 e. The van der Waals surface area contributed by atoms with Crippen LogP contribution in [0.25, 0.3) is 33.5 Å². The molecule has 0 radical (unpaired) electrons. The average Bonchev–Trinajstić information content (AvgIpc) is 1.71. The van der Waals surface area contributed by atoms with Crippen molar-refractivity contribution in [3.8, 4) is 11.5 Å². The third-order valence-corrected chi connectivity index (χ3v) is 24.4.